The van der Waals surface area contributed by atoms with Crippen molar-refractivity contribution in [3.8, 4) is 5.88 Å². The van der Waals surface area contributed by atoms with Crippen LogP contribution in [0.2, 0.25) is 0 Å². The van der Waals surface area contributed by atoms with Crippen molar-refractivity contribution in [3.05, 3.63) is 18.6 Å². The number of carbonyl (C=O) groups excluding carboxylic acids is 1. The van der Waals surface area contributed by atoms with E-state index in [1.165, 1.54) is 19.8 Å². The smallest absolute Gasteiger partial charge is 0.226 e. The number of nitrogens with zero attached hydrogens (tertiary/aromatic N) is 3. The van der Waals surface area contributed by atoms with Crippen LogP contribution in [0.1, 0.15) is 45.6 Å². The summed E-state index contributed by atoms with van der Waals surface area (Å²) >= 11 is 0. The van der Waals surface area contributed by atoms with Gasteiger partial charge in [-0.25, -0.2) is 9.97 Å². The lowest BCUT2D eigenvalue weighted by molar-refractivity contribution is -0.119. The van der Waals surface area contributed by atoms with Crippen LogP contribution in [0, 0.1) is 11.8 Å². The molecular formula is C20H28N4O3. The van der Waals surface area contributed by atoms with Crippen molar-refractivity contribution in [1.82, 2.24) is 19.9 Å². The van der Waals surface area contributed by atoms with E-state index in [1.807, 2.05) is 0 Å². The summed E-state index contributed by atoms with van der Waals surface area (Å²) in [5.41, 5.74) is 0.965. The van der Waals surface area contributed by atoms with Crippen molar-refractivity contribution in [1.29, 1.82) is 0 Å². The number of rotatable bonds is 9. The van der Waals surface area contributed by atoms with E-state index in [2.05, 4.69) is 39.0 Å². The number of fused-ring (bicyclic) bond motifs is 1. The second-order valence-corrected chi connectivity index (χ2v) is 7.84. The average molecular weight is 372 g/mol. The highest BCUT2D eigenvalue weighted by atomic mass is 16.5. The molecule has 2 aromatic heterocycles. The Morgan fingerprint density at radius 2 is 2.19 bits per heavy atom. The van der Waals surface area contributed by atoms with Crippen LogP contribution in [0.3, 0.4) is 0 Å². The molecule has 1 amide bonds. The summed E-state index contributed by atoms with van der Waals surface area (Å²) in [6, 6.07) is 2.55. The first kappa shape index (κ1) is 18.2. The SMILES string of the molecule is CC(=O)NCCOC1CC(COc2ncnc3c2ccn3C(C)C2CC2)C1. The first-order chi connectivity index (χ1) is 13.1. The molecule has 2 aromatic rings. The normalized spacial score (nSPS) is 23.0. The lowest BCUT2D eigenvalue weighted by atomic mass is 9.83. The van der Waals surface area contributed by atoms with E-state index >= 15 is 0 Å². The van der Waals surface area contributed by atoms with Crippen molar-refractivity contribution in [3.63, 3.8) is 0 Å². The second-order valence-electron chi connectivity index (χ2n) is 7.84. The molecule has 7 nitrogen and oxygen atoms in total. The zero-order valence-corrected chi connectivity index (χ0v) is 16.1. The van der Waals surface area contributed by atoms with E-state index in [0.717, 1.165) is 29.8 Å². The highest BCUT2D eigenvalue weighted by molar-refractivity contribution is 5.81. The average Bonchev–Trinajstić information content (AvgIpc) is 3.37. The van der Waals surface area contributed by atoms with Crippen LogP contribution < -0.4 is 10.1 Å². The molecule has 0 aliphatic heterocycles. The van der Waals surface area contributed by atoms with Gasteiger partial charge in [0.1, 0.15) is 12.0 Å². The standard InChI is InChI=1S/C20H28N4O3/c1-13(16-3-4-16)24-7-5-18-19(24)22-12-23-20(18)27-11-15-9-17(10-15)26-8-6-21-14(2)25/h5,7,12-13,15-17H,3-4,6,8-11H2,1-2H3,(H,21,25). The molecule has 2 aliphatic rings. The Balaban J connectivity index is 1.26. The maximum absolute atomic E-state index is 10.8. The van der Waals surface area contributed by atoms with Crippen molar-refractivity contribution in [2.45, 2.75) is 51.7 Å². The Morgan fingerprint density at radius 1 is 1.37 bits per heavy atom. The maximum atomic E-state index is 10.8. The molecule has 146 valence electrons. The fourth-order valence-corrected chi connectivity index (χ4v) is 3.79. The summed E-state index contributed by atoms with van der Waals surface area (Å²) in [5.74, 6) is 1.93. The van der Waals surface area contributed by atoms with Gasteiger partial charge in [0.05, 0.1) is 24.7 Å². The summed E-state index contributed by atoms with van der Waals surface area (Å²) in [6.07, 6.45) is 8.59. The minimum atomic E-state index is -0.0185. The molecule has 2 fully saturated rings. The van der Waals surface area contributed by atoms with E-state index in [-0.39, 0.29) is 12.0 Å². The second kappa shape index (κ2) is 7.84. The van der Waals surface area contributed by atoms with Crippen LogP contribution in [0.25, 0.3) is 11.0 Å². The van der Waals surface area contributed by atoms with Crippen molar-refractivity contribution < 1.29 is 14.3 Å². The molecule has 0 bridgehead atoms. The monoisotopic (exact) mass is 372 g/mol. The molecule has 1 N–H and O–H groups in total. The quantitative estimate of drug-likeness (QED) is 0.685. The van der Waals surface area contributed by atoms with E-state index in [0.29, 0.717) is 37.6 Å². The zero-order chi connectivity index (χ0) is 18.8. The van der Waals surface area contributed by atoms with Gasteiger partial charge in [-0.3, -0.25) is 4.79 Å². The zero-order valence-electron chi connectivity index (χ0n) is 16.1. The van der Waals surface area contributed by atoms with Gasteiger partial charge >= 0.3 is 0 Å². The Bertz CT molecular complexity index is 796. The van der Waals surface area contributed by atoms with Crippen LogP contribution in [-0.4, -0.2) is 46.3 Å². The highest BCUT2D eigenvalue weighted by Gasteiger charge is 2.31. The van der Waals surface area contributed by atoms with Crippen LogP contribution >= 0.6 is 0 Å². The molecular weight excluding hydrogens is 344 g/mol. The van der Waals surface area contributed by atoms with Crippen LogP contribution in [0.5, 0.6) is 5.88 Å². The molecule has 2 saturated carbocycles. The van der Waals surface area contributed by atoms with Crippen LogP contribution in [0.15, 0.2) is 18.6 Å². The van der Waals surface area contributed by atoms with Gasteiger partial charge in [-0.15, -0.1) is 0 Å². The Kier molecular flexibility index (Phi) is 5.29. The third-order valence-electron chi connectivity index (χ3n) is 5.69. The molecule has 7 heteroatoms. The summed E-state index contributed by atoms with van der Waals surface area (Å²) in [7, 11) is 0. The largest absolute Gasteiger partial charge is 0.477 e. The number of amides is 1. The first-order valence-corrected chi connectivity index (χ1v) is 9.92. The molecule has 2 heterocycles. The van der Waals surface area contributed by atoms with Crippen molar-refractivity contribution in [2.24, 2.45) is 11.8 Å². The van der Waals surface area contributed by atoms with Crippen molar-refractivity contribution >= 4 is 16.9 Å². The van der Waals surface area contributed by atoms with Gasteiger partial charge in [-0.2, -0.15) is 0 Å². The lowest BCUT2D eigenvalue weighted by Crippen LogP contribution is -2.37. The number of hydrogen-bond donors (Lipinski definition) is 1. The summed E-state index contributed by atoms with van der Waals surface area (Å²) in [5, 5.41) is 3.73. The molecule has 0 saturated heterocycles. The summed E-state index contributed by atoms with van der Waals surface area (Å²) in [4.78, 5) is 19.6. The molecule has 1 atom stereocenters. The third-order valence-corrected chi connectivity index (χ3v) is 5.69. The molecule has 0 radical (unpaired) electrons. The van der Waals surface area contributed by atoms with E-state index in [4.69, 9.17) is 9.47 Å². The molecule has 27 heavy (non-hydrogen) atoms. The Labute approximate surface area is 159 Å². The van der Waals surface area contributed by atoms with Gasteiger partial charge in [-0.05, 0) is 50.5 Å². The van der Waals surface area contributed by atoms with Gasteiger partial charge in [0.25, 0.3) is 0 Å². The van der Waals surface area contributed by atoms with Gasteiger partial charge in [-0.1, -0.05) is 0 Å². The highest BCUT2D eigenvalue weighted by Crippen LogP contribution is 2.41. The van der Waals surface area contributed by atoms with E-state index < -0.39 is 0 Å². The fraction of sp³-hybridized carbons (Fsp3) is 0.650. The Hall–Kier alpha value is -2.15. The maximum Gasteiger partial charge on any atom is 0.226 e. The van der Waals surface area contributed by atoms with Crippen molar-refractivity contribution in [2.75, 3.05) is 19.8 Å². The summed E-state index contributed by atoms with van der Waals surface area (Å²) in [6.45, 7) is 5.57. The number of aromatic nitrogens is 3. The molecule has 0 aromatic carbocycles. The van der Waals surface area contributed by atoms with E-state index in [9.17, 15) is 4.79 Å². The molecule has 1 unspecified atom stereocenters. The third kappa shape index (κ3) is 4.24. The van der Waals surface area contributed by atoms with Gasteiger partial charge in [0.15, 0.2) is 0 Å². The Morgan fingerprint density at radius 3 is 2.93 bits per heavy atom. The fourth-order valence-electron chi connectivity index (χ4n) is 3.79. The lowest BCUT2D eigenvalue weighted by Gasteiger charge is -2.34. The number of carbonyl (C=O) groups is 1. The minimum absolute atomic E-state index is 0.0185. The predicted molar refractivity (Wildman–Crippen MR) is 102 cm³/mol. The van der Waals surface area contributed by atoms with E-state index in [1.54, 1.807) is 6.33 Å². The van der Waals surface area contributed by atoms with Gasteiger partial charge in [0.2, 0.25) is 11.8 Å². The van der Waals surface area contributed by atoms with Crippen LogP contribution in [-0.2, 0) is 9.53 Å². The predicted octanol–water partition coefficient (Wildman–Crippen LogP) is 2.71. The number of ether oxygens (including phenoxy) is 2. The molecule has 2 aliphatic carbocycles. The van der Waals surface area contributed by atoms with Gasteiger partial charge < -0.3 is 19.4 Å². The molecule has 0 spiro atoms. The first-order valence-electron chi connectivity index (χ1n) is 9.92. The minimum Gasteiger partial charge on any atom is -0.477 e. The van der Waals surface area contributed by atoms with Crippen LogP contribution in [0.4, 0.5) is 0 Å². The topological polar surface area (TPSA) is 78.3 Å². The van der Waals surface area contributed by atoms with Gasteiger partial charge in [0, 0.05) is 25.7 Å². The number of hydrogen-bond acceptors (Lipinski definition) is 5. The summed E-state index contributed by atoms with van der Waals surface area (Å²) < 4.78 is 14.0. The molecule has 4 rings (SSSR count). The number of nitrogens with one attached hydrogen (secondary N) is 1.